The summed E-state index contributed by atoms with van der Waals surface area (Å²) in [6.07, 6.45) is -0.339. The molecule has 0 saturated carbocycles. The summed E-state index contributed by atoms with van der Waals surface area (Å²) < 4.78 is 22.7. The molecule has 0 fully saturated rings. The second kappa shape index (κ2) is 7.94. The van der Waals surface area contributed by atoms with Gasteiger partial charge in [0.1, 0.15) is 30.3 Å². The van der Waals surface area contributed by atoms with Gasteiger partial charge in [-0.2, -0.15) is 11.3 Å². The topological polar surface area (TPSA) is 69.6 Å². The molecule has 8 heteroatoms. The summed E-state index contributed by atoms with van der Waals surface area (Å²) in [6.45, 7) is 6.32. The van der Waals surface area contributed by atoms with Crippen LogP contribution in [0, 0.1) is 0 Å². The average molecular weight is 416 g/mol. The summed E-state index contributed by atoms with van der Waals surface area (Å²) in [7, 11) is 1.60. The zero-order chi connectivity index (χ0) is 20.5. The average Bonchev–Trinajstić information content (AvgIpc) is 3.35. The van der Waals surface area contributed by atoms with Gasteiger partial charge in [-0.3, -0.25) is 4.99 Å². The summed E-state index contributed by atoms with van der Waals surface area (Å²) in [5.74, 6) is 1.50. The van der Waals surface area contributed by atoms with Gasteiger partial charge in [-0.1, -0.05) is 0 Å². The van der Waals surface area contributed by atoms with Crippen molar-refractivity contribution in [2.24, 2.45) is 4.99 Å². The van der Waals surface area contributed by atoms with Gasteiger partial charge in [0.2, 0.25) is 0 Å². The Morgan fingerprint density at radius 1 is 1.38 bits per heavy atom. The van der Waals surface area contributed by atoms with Crippen molar-refractivity contribution in [2.75, 3.05) is 25.2 Å². The number of nitrogens with zero attached hydrogens (tertiary/aromatic N) is 2. The number of hydrogen-bond donors (Lipinski definition) is 0. The third-order valence-electron chi connectivity index (χ3n) is 4.78. The molecule has 0 radical (unpaired) electrons. The highest BCUT2D eigenvalue weighted by molar-refractivity contribution is 7.08. The van der Waals surface area contributed by atoms with Crippen molar-refractivity contribution in [2.45, 2.75) is 39.1 Å². The lowest BCUT2D eigenvalue weighted by Gasteiger charge is -2.37. The Morgan fingerprint density at radius 2 is 2.21 bits per heavy atom. The first-order valence-electron chi connectivity index (χ1n) is 9.60. The van der Waals surface area contributed by atoms with Crippen LogP contribution in [0.4, 0.5) is 5.69 Å². The standard InChI is InChI=1S/C21H24N2O5S/c1-5-26-21(24)19-15-10-27-16-9-17(25-4)18(28-12(2)3)8-14(16)23(15)20(22-19)13-6-7-29-11-13/h6-9,11-12,15,20H,5,10H2,1-4H3. The van der Waals surface area contributed by atoms with E-state index in [1.165, 1.54) is 0 Å². The zero-order valence-corrected chi connectivity index (χ0v) is 17.7. The number of anilines is 1. The van der Waals surface area contributed by atoms with Crippen LogP contribution in [0.2, 0.25) is 0 Å². The Bertz CT molecular complexity index is 925. The maximum Gasteiger partial charge on any atom is 0.354 e. The molecule has 0 N–H and O–H groups in total. The largest absolute Gasteiger partial charge is 0.493 e. The lowest BCUT2D eigenvalue weighted by Crippen LogP contribution is -2.47. The molecule has 2 aliphatic heterocycles. The molecule has 0 aliphatic carbocycles. The molecule has 29 heavy (non-hydrogen) atoms. The summed E-state index contributed by atoms with van der Waals surface area (Å²) in [4.78, 5) is 19.4. The highest BCUT2D eigenvalue weighted by atomic mass is 32.1. The van der Waals surface area contributed by atoms with Crippen LogP contribution in [0.3, 0.4) is 0 Å². The molecular formula is C21H24N2O5S. The Hall–Kier alpha value is -2.74. The zero-order valence-electron chi connectivity index (χ0n) is 16.9. The van der Waals surface area contributed by atoms with Crippen LogP contribution in [0.1, 0.15) is 32.5 Å². The van der Waals surface area contributed by atoms with Gasteiger partial charge in [-0.15, -0.1) is 0 Å². The number of hydrogen-bond acceptors (Lipinski definition) is 8. The van der Waals surface area contributed by atoms with Crippen molar-refractivity contribution in [1.82, 2.24) is 0 Å². The summed E-state index contributed by atoms with van der Waals surface area (Å²) in [5, 5.41) is 4.05. The summed E-state index contributed by atoms with van der Waals surface area (Å²) >= 11 is 1.60. The Kier molecular flexibility index (Phi) is 5.36. The predicted octanol–water partition coefficient (Wildman–Crippen LogP) is 3.83. The van der Waals surface area contributed by atoms with Crippen molar-refractivity contribution in [3.63, 3.8) is 0 Å². The quantitative estimate of drug-likeness (QED) is 0.667. The van der Waals surface area contributed by atoms with Crippen molar-refractivity contribution in [3.8, 4) is 17.2 Å². The highest BCUT2D eigenvalue weighted by Crippen LogP contribution is 2.48. The van der Waals surface area contributed by atoms with Gasteiger partial charge < -0.3 is 23.8 Å². The minimum absolute atomic E-state index is 0.0140. The van der Waals surface area contributed by atoms with Crippen LogP contribution in [0.25, 0.3) is 0 Å². The lowest BCUT2D eigenvalue weighted by molar-refractivity contribution is -0.135. The van der Waals surface area contributed by atoms with E-state index >= 15 is 0 Å². The molecule has 0 bridgehead atoms. The lowest BCUT2D eigenvalue weighted by atomic mass is 10.1. The van der Waals surface area contributed by atoms with Crippen LogP contribution >= 0.6 is 11.3 Å². The first-order valence-corrected chi connectivity index (χ1v) is 10.5. The van der Waals surface area contributed by atoms with E-state index in [1.54, 1.807) is 25.4 Å². The molecule has 2 atom stereocenters. The Morgan fingerprint density at radius 3 is 2.86 bits per heavy atom. The Labute approximate surface area is 173 Å². The molecule has 2 aromatic rings. The van der Waals surface area contributed by atoms with E-state index in [-0.39, 0.29) is 18.3 Å². The number of carbonyl (C=O) groups excluding carboxylic acids is 1. The van der Waals surface area contributed by atoms with Crippen LogP contribution in [0.15, 0.2) is 34.0 Å². The van der Waals surface area contributed by atoms with Gasteiger partial charge in [0.05, 0.1) is 25.5 Å². The molecular weight excluding hydrogens is 392 g/mol. The molecule has 1 aromatic heterocycles. The van der Waals surface area contributed by atoms with E-state index in [9.17, 15) is 4.79 Å². The van der Waals surface area contributed by atoms with Crippen molar-refractivity contribution in [3.05, 3.63) is 34.5 Å². The first kappa shape index (κ1) is 19.6. The molecule has 3 heterocycles. The normalized spacial score (nSPS) is 19.9. The number of esters is 1. The van der Waals surface area contributed by atoms with Gasteiger partial charge in [0.25, 0.3) is 0 Å². The van der Waals surface area contributed by atoms with E-state index in [2.05, 4.69) is 4.90 Å². The number of thiophene rings is 1. The highest BCUT2D eigenvalue weighted by Gasteiger charge is 2.45. The number of rotatable bonds is 6. The number of aliphatic imine (C=N–C) groups is 1. The molecule has 154 valence electrons. The fourth-order valence-electron chi connectivity index (χ4n) is 3.61. The molecule has 0 spiro atoms. The van der Waals surface area contributed by atoms with Crippen molar-refractivity contribution < 1.29 is 23.7 Å². The second-order valence-electron chi connectivity index (χ2n) is 7.04. The third kappa shape index (κ3) is 3.53. The van der Waals surface area contributed by atoms with Gasteiger partial charge in [-0.05, 0) is 37.6 Å². The molecule has 7 nitrogen and oxygen atoms in total. The predicted molar refractivity (Wildman–Crippen MR) is 112 cm³/mol. The van der Waals surface area contributed by atoms with Gasteiger partial charge >= 0.3 is 5.97 Å². The molecule has 0 saturated heterocycles. The molecule has 2 aliphatic rings. The van der Waals surface area contributed by atoms with E-state index in [0.29, 0.717) is 36.2 Å². The third-order valence-corrected chi connectivity index (χ3v) is 5.49. The van der Waals surface area contributed by atoms with Gasteiger partial charge in [0.15, 0.2) is 11.5 Å². The van der Waals surface area contributed by atoms with Crippen molar-refractivity contribution in [1.29, 1.82) is 0 Å². The molecule has 0 amide bonds. The SMILES string of the molecule is CCOC(=O)C1=NC(c2ccsc2)N2c3cc(OC(C)C)c(OC)cc3OCC12. The van der Waals surface area contributed by atoms with Crippen LogP contribution in [-0.4, -0.2) is 44.2 Å². The minimum atomic E-state index is -0.403. The maximum absolute atomic E-state index is 12.6. The van der Waals surface area contributed by atoms with E-state index in [1.807, 2.05) is 42.8 Å². The fourth-order valence-corrected chi connectivity index (χ4v) is 4.29. The number of benzene rings is 1. The molecule has 4 rings (SSSR count). The van der Waals surface area contributed by atoms with Gasteiger partial charge in [-0.25, -0.2) is 4.79 Å². The number of methoxy groups -OCH3 is 1. The fraction of sp³-hybridized carbons (Fsp3) is 0.429. The monoisotopic (exact) mass is 416 g/mol. The van der Waals surface area contributed by atoms with Crippen LogP contribution in [0.5, 0.6) is 17.2 Å². The van der Waals surface area contributed by atoms with E-state index in [4.69, 9.17) is 23.9 Å². The second-order valence-corrected chi connectivity index (χ2v) is 7.82. The minimum Gasteiger partial charge on any atom is -0.493 e. The van der Waals surface area contributed by atoms with Crippen LogP contribution in [-0.2, 0) is 9.53 Å². The van der Waals surface area contributed by atoms with Gasteiger partial charge in [0, 0.05) is 17.7 Å². The van der Waals surface area contributed by atoms with Crippen LogP contribution < -0.4 is 19.1 Å². The summed E-state index contributed by atoms with van der Waals surface area (Å²) in [5.41, 5.74) is 2.22. The molecule has 1 aromatic carbocycles. The number of ether oxygens (including phenoxy) is 4. The molecule has 2 unspecified atom stereocenters. The number of carbonyl (C=O) groups is 1. The smallest absolute Gasteiger partial charge is 0.354 e. The summed E-state index contributed by atoms with van der Waals surface area (Å²) in [6, 6.07) is 5.43. The Balaban J connectivity index is 1.80. The first-order chi connectivity index (χ1) is 14.0. The number of fused-ring (bicyclic) bond motifs is 3. The van der Waals surface area contributed by atoms with E-state index < -0.39 is 5.97 Å². The van der Waals surface area contributed by atoms with Crippen molar-refractivity contribution >= 4 is 28.7 Å². The van der Waals surface area contributed by atoms with E-state index in [0.717, 1.165) is 11.3 Å². The maximum atomic E-state index is 12.6.